The van der Waals surface area contributed by atoms with Crippen LogP contribution in [0.5, 0.6) is 0 Å². The number of rotatable bonds is 5. The highest BCUT2D eigenvalue weighted by Crippen LogP contribution is 2.25. The molecule has 0 amide bonds. The Kier molecular flexibility index (Phi) is 5.24. The molecule has 2 heterocycles. The molecule has 2 atom stereocenters. The number of nitrogens with zero attached hydrogens (tertiary/aromatic N) is 1. The van der Waals surface area contributed by atoms with E-state index in [4.69, 9.17) is 14.9 Å². The van der Waals surface area contributed by atoms with Crippen molar-refractivity contribution in [3.63, 3.8) is 0 Å². The monoisotopic (exact) mass is 316 g/mol. The van der Waals surface area contributed by atoms with Gasteiger partial charge in [0.05, 0.1) is 12.6 Å². The van der Waals surface area contributed by atoms with Crippen molar-refractivity contribution in [2.24, 2.45) is 11.7 Å². The first-order valence-corrected chi connectivity index (χ1v) is 7.23. The smallest absolute Gasteiger partial charge is 0.169 e. The van der Waals surface area contributed by atoms with Crippen molar-refractivity contribution in [1.82, 2.24) is 4.90 Å². The van der Waals surface area contributed by atoms with E-state index < -0.39 is 0 Å². The minimum atomic E-state index is 0.137. The minimum Gasteiger partial charge on any atom is -0.453 e. The van der Waals surface area contributed by atoms with Crippen LogP contribution in [0.3, 0.4) is 0 Å². The first-order chi connectivity index (χ1) is 8.70. The molecule has 1 fully saturated rings. The van der Waals surface area contributed by atoms with Crippen LogP contribution < -0.4 is 5.73 Å². The Morgan fingerprint density at radius 2 is 2.39 bits per heavy atom. The molecule has 2 unspecified atom stereocenters. The van der Waals surface area contributed by atoms with Crippen LogP contribution in [0.1, 0.15) is 24.6 Å². The number of ether oxygens (including phenoxy) is 1. The maximum Gasteiger partial charge on any atom is 0.169 e. The van der Waals surface area contributed by atoms with Crippen LogP contribution in [0.4, 0.5) is 0 Å². The maximum atomic E-state index is 5.87. The quantitative estimate of drug-likeness (QED) is 0.906. The van der Waals surface area contributed by atoms with Gasteiger partial charge < -0.3 is 14.9 Å². The van der Waals surface area contributed by atoms with Gasteiger partial charge in [-0.25, -0.2) is 0 Å². The molecule has 0 aromatic carbocycles. The molecule has 0 aliphatic carbocycles. The van der Waals surface area contributed by atoms with E-state index in [-0.39, 0.29) is 6.04 Å². The fourth-order valence-electron chi connectivity index (χ4n) is 2.51. The highest BCUT2D eigenvalue weighted by Gasteiger charge is 2.23. The van der Waals surface area contributed by atoms with Crippen molar-refractivity contribution in [3.8, 4) is 0 Å². The summed E-state index contributed by atoms with van der Waals surface area (Å²) in [7, 11) is 2.10. The molecule has 2 N–H and O–H groups in total. The Hall–Kier alpha value is -0.360. The third-order valence-electron chi connectivity index (χ3n) is 3.48. The van der Waals surface area contributed by atoms with Gasteiger partial charge in [0, 0.05) is 19.7 Å². The van der Waals surface area contributed by atoms with Crippen molar-refractivity contribution in [1.29, 1.82) is 0 Å². The summed E-state index contributed by atoms with van der Waals surface area (Å²) in [6, 6.07) is 4.03. The normalized spacial score (nSPS) is 22.3. The Balaban J connectivity index is 1.94. The van der Waals surface area contributed by atoms with Gasteiger partial charge in [0.1, 0.15) is 5.76 Å². The van der Waals surface area contributed by atoms with Gasteiger partial charge in [0.15, 0.2) is 4.67 Å². The van der Waals surface area contributed by atoms with E-state index in [1.54, 1.807) is 0 Å². The molecule has 5 heteroatoms. The molecule has 4 nitrogen and oxygen atoms in total. The number of nitrogens with two attached hydrogens (primary N) is 1. The molecule has 0 saturated carbocycles. The molecule has 1 aliphatic rings. The summed E-state index contributed by atoms with van der Waals surface area (Å²) in [6.07, 6.45) is 2.40. The van der Waals surface area contributed by atoms with Gasteiger partial charge in [-0.15, -0.1) is 0 Å². The fourth-order valence-corrected chi connectivity index (χ4v) is 2.83. The Morgan fingerprint density at radius 1 is 1.56 bits per heavy atom. The molecule has 1 aromatic heterocycles. The second-order valence-corrected chi connectivity index (χ2v) is 5.70. The summed E-state index contributed by atoms with van der Waals surface area (Å²) in [5.74, 6) is 1.53. The molecular formula is C13H21BrN2O2. The van der Waals surface area contributed by atoms with Crippen molar-refractivity contribution < 1.29 is 9.15 Å². The lowest BCUT2D eigenvalue weighted by Crippen LogP contribution is -2.36. The standard InChI is InChI=1S/C13H21BrN2O2/c1-16(8-10-3-2-6-17-9-10)11(7-15)12-4-5-13(14)18-12/h4-5,10-11H,2-3,6-9,15H2,1H3. The summed E-state index contributed by atoms with van der Waals surface area (Å²) >= 11 is 3.33. The van der Waals surface area contributed by atoms with Crippen LogP contribution in [0.15, 0.2) is 21.2 Å². The number of hydrogen-bond donors (Lipinski definition) is 1. The van der Waals surface area contributed by atoms with Crippen LogP contribution in [0.2, 0.25) is 0 Å². The second kappa shape index (κ2) is 6.70. The highest BCUT2D eigenvalue weighted by atomic mass is 79.9. The molecule has 1 saturated heterocycles. The van der Waals surface area contributed by atoms with Gasteiger partial charge in [-0.2, -0.15) is 0 Å². The van der Waals surface area contributed by atoms with E-state index in [2.05, 4.69) is 27.9 Å². The predicted octanol–water partition coefficient (Wildman–Crippen LogP) is 2.40. The average Bonchev–Trinajstić information content (AvgIpc) is 2.78. The van der Waals surface area contributed by atoms with E-state index >= 15 is 0 Å². The zero-order valence-corrected chi connectivity index (χ0v) is 12.4. The molecule has 0 spiro atoms. The minimum absolute atomic E-state index is 0.137. The lowest BCUT2D eigenvalue weighted by Gasteiger charge is -2.31. The predicted molar refractivity (Wildman–Crippen MR) is 74.4 cm³/mol. The van der Waals surface area contributed by atoms with Crippen LogP contribution in [-0.2, 0) is 4.74 Å². The first-order valence-electron chi connectivity index (χ1n) is 6.44. The lowest BCUT2D eigenvalue weighted by molar-refractivity contribution is 0.0350. The lowest BCUT2D eigenvalue weighted by atomic mass is 10.0. The first kappa shape index (κ1) is 14.1. The largest absolute Gasteiger partial charge is 0.453 e. The van der Waals surface area contributed by atoms with E-state index in [9.17, 15) is 0 Å². The van der Waals surface area contributed by atoms with E-state index in [0.717, 1.165) is 36.6 Å². The summed E-state index contributed by atoms with van der Waals surface area (Å²) in [4.78, 5) is 2.27. The van der Waals surface area contributed by atoms with Gasteiger partial charge >= 0.3 is 0 Å². The van der Waals surface area contributed by atoms with Crippen molar-refractivity contribution >= 4 is 15.9 Å². The Labute approximate surface area is 117 Å². The summed E-state index contributed by atoms with van der Waals surface area (Å²) in [6.45, 7) is 3.33. The van der Waals surface area contributed by atoms with Crippen molar-refractivity contribution in [2.45, 2.75) is 18.9 Å². The zero-order valence-electron chi connectivity index (χ0n) is 10.8. The number of likely N-dealkylation sites (N-methyl/N-ethyl adjacent to an activating group) is 1. The van der Waals surface area contributed by atoms with Gasteiger partial charge in [-0.05, 0) is 53.9 Å². The number of halogens is 1. The molecule has 0 radical (unpaired) electrons. The van der Waals surface area contributed by atoms with Crippen LogP contribution >= 0.6 is 15.9 Å². The SMILES string of the molecule is CN(CC1CCCOC1)C(CN)c1ccc(Br)o1. The molecule has 2 rings (SSSR count). The average molecular weight is 317 g/mol. The van der Waals surface area contributed by atoms with Crippen LogP contribution in [-0.4, -0.2) is 38.3 Å². The van der Waals surface area contributed by atoms with E-state index in [1.807, 2.05) is 12.1 Å². The van der Waals surface area contributed by atoms with Crippen molar-refractivity contribution in [2.75, 3.05) is 33.4 Å². The molecule has 0 bridgehead atoms. The summed E-state index contributed by atoms with van der Waals surface area (Å²) < 4.78 is 11.9. The molecular weight excluding hydrogens is 296 g/mol. The Bertz CT molecular complexity index is 364. The molecule has 1 aromatic rings. The third-order valence-corrected chi connectivity index (χ3v) is 3.90. The van der Waals surface area contributed by atoms with Gasteiger partial charge in [0.2, 0.25) is 0 Å². The van der Waals surface area contributed by atoms with Gasteiger partial charge in [-0.3, -0.25) is 4.90 Å². The highest BCUT2D eigenvalue weighted by molar-refractivity contribution is 9.10. The Morgan fingerprint density at radius 3 is 2.94 bits per heavy atom. The topological polar surface area (TPSA) is 51.6 Å². The van der Waals surface area contributed by atoms with Crippen molar-refractivity contribution in [3.05, 3.63) is 22.6 Å². The molecule has 18 heavy (non-hydrogen) atoms. The van der Waals surface area contributed by atoms with E-state index in [0.29, 0.717) is 12.5 Å². The molecule has 102 valence electrons. The van der Waals surface area contributed by atoms with Crippen LogP contribution in [0, 0.1) is 5.92 Å². The van der Waals surface area contributed by atoms with Gasteiger partial charge in [-0.1, -0.05) is 0 Å². The second-order valence-electron chi connectivity index (χ2n) is 4.92. The van der Waals surface area contributed by atoms with Gasteiger partial charge in [0.25, 0.3) is 0 Å². The maximum absolute atomic E-state index is 5.87. The summed E-state index contributed by atoms with van der Waals surface area (Å²) in [5.41, 5.74) is 5.87. The number of furan rings is 1. The van der Waals surface area contributed by atoms with Crippen LogP contribution in [0.25, 0.3) is 0 Å². The third kappa shape index (κ3) is 3.57. The number of hydrogen-bond acceptors (Lipinski definition) is 4. The fraction of sp³-hybridized carbons (Fsp3) is 0.692. The molecule has 1 aliphatic heterocycles. The van der Waals surface area contributed by atoms with E-state index in [1.165, 1.54) is 6.42 Å². The summed E-state index contributed by atoms with van der Waals surface area (Å²) in [5, 5.41) is 0. The zero-order chi connectivity index (χ0) is 13.0.